The SMILES string of the molecule is CC1CCCC1C(=O)N1CC2CNCC2C1. The number of fused-ring (bicyclic) bond motifs is 1. The van der Waals surface area contributed by atoms with Crippen molar-refractivity contribution in [3.05, 3.63) is 0 Å². The van der Waals surface area contributed by atoms with Crippen LogP contribution in [0, 0.1) is 23.7 Å². The van der Waals surface area contributed by atoms with E-state index in [9.17, 15) is 4.79 Å². The second-order valence-electron chi connectivity index (χ2n) is 5.94. The van der Waals surface area contributed by atoms with Crippen molar-refractivity contribution in [3.8, 4) is 0 Å². The van der Waals surface area contributed by atoms with Crippen LogP contribution in [-0.2, 0) is 4.79 Å². The van der Waals surface area contributed by atoms with Crippen LogP contribution in [0.25, 0.3) is 0 Å². The molecule has 3 fully saturated rings. The molecule has 2 saturated heterocycles. The standard InChI is InChI=1S/C13H22N2O/c1-9-3-2-4-12(9)13(16)15-7-10-5-14-6-11(10)8-15/h9-12,14H,2-8H2,1H3. The molecule has 4 atom stereocenters. The van der Waals surface area contributed by atoms with Gasteiger partial charge in [-0.1, -0.05) is 13.3 Å². The molecule has 0 aromatic rings. The summed E-state index contributed by atoms with van der Waals surface area (Å²) in [6.45, 7) is 6.51. The molecule has 1 aliphatic carbocycles. The first-order chi connectivity index (χ1) is 7.75. The minimum absolute atomic E-state index is 0.340. The summed E-state index contributed by atoms with van der Waals surface area (Å²) in [6, 6.07) is 0. The molecule has 0 spiro atoms. The zero-order valence-electron chi connectivity index (χ0n) is 10.1. The summed E-state index contributed by atoms with van der Waals surface area (Å²) >= 11 is 0. The van der Waals surface area contributed by atoms with Crippen molar-refractivity contribution in [2.24, 2.45) is 23.7 Å². The van der Waals surface area contributed by atoms with Crippen molar-refractivity contribution >= 4 is 5.91 Å². The van der Waals surface area contributed by atoms with Crippen LogP contribution in [0.5, 0.6) is 0 Å². The van der Waals surface area contributed by atoms with E-state index in [0.717, 1.165) is 44.4 Å². The number of nitrogens with zero attached hydrogens (tertiary/aromatic N) is 1. The molecule has 3 rings (SSSR count). The Morgan fingerprint density at radius 2 is 1.88 bits per heavy atom. The van der Waals surface area contributed by atoms with E-state index in [0.29, 0.717) is 17.7 Å². The van der Waals surface area contributed by atoms with Crippen molar-refractivity contribution in [2.75, 3.05) is 26.2 Å². The van der Waals surface area contributed by atoms with E-state index >= 15 is 0 Å². The molecule has 90 valence electrons. The van der Waals surface area contributed by atoms with Gasteiger partial charge in [0.1, 0.15) is 0 Å². The van der Waals surface area contributed by atoms with Gasteiger partial charge in [-0.3, -0.25) is 4.79 Å². The summed E-state index contributed by atoms with van der Waals surface area (Å²) in [5.41, 5.74) is 0. The first-order valence-electron chi connectivity index (χ1n) is 6.75. The van der Waals surface area contributed by atoms with Crippen LogP contribution in [0.1, 0.15) is 26.2 Å². The second-order valence-corrected chi connectivity index (χ2v) is 5.94. The van der Waals surface area contributed by atoms with Gasteiger partial charge in [0.25, 0.3) is 0 Å². The quantitative estimate of drug-likeness (QED) is 0.720. The number of likely N-dealkylation sites (tertiary alicyclic amines) is 1. The largest absolute Gasteiger partial charge is 0.342 e. The summed E-state index contributed by atoms with van der Waals surface area (Å²) in [7, 11) is 0. The molecule has 3 heteroatoms. The van der Waals surface area contributed by atoms with Crippen LogP contribution in [0.2, 0.25) is 0 Å². The number of hydrogen-bond donors (Lipinski definition) is 1. The highest BCUT2D eigenvalue weighted by atomic mass is 16.2. The number of nitrogens with one attached hydrogen (secondary N) is 1. The highest BCUT2D eigenvalue weighted by Gasteiger charge is 2.41. The van der Waals surface area contributed by atoms with Gasteiger partial charge in [-0.2, -0.15) is 0 Å². The van der Waals surface area contributed by atoms with E-state index in [1.807, 2.05) is 0 Å². The van der Waals surface area contributed by atoms with Crippen molar-refractivity contribution in [1.82, 2.24) is 10.2 Å². The highest BCUT2D eigenvalue weighted by molar-refractivity contribution is 5.79. The van der Waals surface area contributed by atoms with Crippen LogP contribution in [-0.4, -0.2) is 37.0 Å². The smallest absolute Gasteiger partial charge is 0.225 e. The van der Waals surface area contributed by atoms with Gasteiger partial charge in [0.15, 0.2) is 0 Å². The summed E-state index contributed by atoms with van der Waals surface area (Å²) in [4.78, 5) is 14.6. The highest BCUT2D eigenvalue weighted by Crippen LogP contribution is 2.35. The minimum atomic E-state index is 0.340. The zero-order chi connectivity index (χ0) is 11.1. The first kappa shape index (κ1) is 10.6. The van der Waals surface area contributed by atoms with Gasteiger partial charge in [-0.15, -0.1) is 0 Å². The first-order valence-corrected chi connectivity index (χ1v) is 6.75. The van der Waals surface area contributed by atoms with Gasteiger partial charge in [0.2, 0.25) is 5.91 Å². The third-order valence-corrected chi connectivity index (χ3v) is 4.88. The van der Waals surface area contributed by atoms with Crippen LogP contribution < -0.4 is 5.32 Å². The van der Waals surface area contributed by atoms with Gasteiger partial charge < -0.3 is 10.2 Å². The monoisotopic (exact) mass is 222 g/mol. The normalized spacial score (nSPS) is 42.7. The Morgan fingerprint density at radius 3 is 2.44 bits per heavy atom. The number of hydrogen-bond acceptors (Lipinski definition) is 2. The van der Waals surface area contributed by atoms with E-state index in [2.05, 4.69) is 17.1 Å². The van der Waals surface area contributed by atoms with Crippen LogP contribution in [0.3, 0.4) is 0 Å². The molecule has 2 aliphatic heterocycles. The third-order valence-electron chi connectivity index (χ3n) is 4.88. The fourth-order valence-electron chi connectivity index (χ4n) is 3.78. The molecule has 0 bridgehead atoms. The lowest BCUT2D eigenvalue weighted by molar-refractivity contribution is -0.135. The van der Waals surface area contributed by atoms with Gasteiger partial charge in [0.05, 0.1) is 0 Å². The van der Waals surface area contributed by atoms with Crippen molar-refractivity contribution < 1.29 is 4.79 Å². The molecular weight excluding hydrogens is 200 g/mol. The number of rotatable bonds is 1. The van der Waals surface area contributed by atoms with Gasteiger partial charge in [-0.05, 0) is 30.6 Å². The molecule has 0 aromatic carbocycles. The molecule has 1 saturated carbocycles. The lowest BCUT2D eigenvalue weighted by Crippen LogP contribution is -2.37. The van der Waals surface area contributed by atoms with Crippen LogP contribution >= 0.6 is 0 Å². The number of carbonyl (C=O) groups excluding carboxylic acids is 1. The summed E-state index contributed by atoms with van der Waals surface area (Å²) in [5, 5.41) is 3.42. The van der Waals surface area contributed by atoms with E-state index in [4.69, 9.17) is 0 Å². The Hall–Kier alpha value is -0.570. The Bertz CT molecular complexity index is 280. The topological polar surface area (TPSA) is 32.3 Å². The number of amides is 1. The molecule has 4 unspecified atom stereocenters. The molecule has 16 heavy (non-hydrogen) atoms. The Labute approximate surface area is 97.6 Å². The lowest BCUT2D eigenvalue weighted by atomic mass is 9.97. The van der Waals surface area contributed by atoms with Crippen LogP contribution in [0.15, 0.2) is 0 Å². The minimum Gasteiger partial charge on any atom is -0.342 e. The maximum Gasteiger partial charge on any atom is 0.225 e. The number of carbonyl (C=O) groups is 1. The van der Waals surface area contributed by atoms with Crippen molar-refractivity contribution in [1.29, 1.82) is 0 Å². The molecule has 1 amide bonds. The van der Waals surface area contributed by atoms with E-state index < -0.39 is 0 Å². The third kappa shape index (κ3) is 1.65. The van der Waals surface area contributed by atoms with E-state index in [1.165, 1.54) is 12.8 Å². The molecule has 0 radical (unpaired) electrons. The summed E-state index contributed by atoms with van der Waals surface area (Å²) in [6.07, 6.45) is 3.63. The molecule has 0 aromatic heterocycles. The zero-order valence-corrected chi connectivity index (χ0v) is 10.1. The van der Waals surface area contributed by atoms with E-state index in [-0.39, 0.29) is 0 Å². The Kier molecular flexibility index (Phi) is 2.66. The Morgan fingerprint density at radius 1 is 1.19 bits per heavy atom. The predicted octanol–water partition coefficient (Wildman–Crippen LogP) is 1.10. The molecule has 3 nitrogen and oxygen atoms in total. The van der Waals surface area contributed by atoms with Crippen LogP contribution in [0.4, 0.5) is 0 Å². The summed E-state index contributed by atoms with van der Waals surface area (Å²) < 4.78 is 0. The molecule has 2 heterocycles. The maximum atomic E-state index is 12.4. The van der Waals surface area contributed by atoms with Gasteiger partial charge in [0, 0.05) is 32.1 Å². The maximum absolute atomic E-state index is 12.4. The van der Waals surface area contributed by atoms with Crippen molar-refractivity contribution in [2.45, 2.75) is 26.2 Å². The second kappa shape index (κ2) is 4.02. The fraction of sp³-hybridized carbons (Fsp3) is 0.923. The Balaban J connectivity index is 1.63. The average Bonchev–Trinajstić information content (AvgIpc) is 2.89. The molecular formula is C13H22N2O. The lowest BCUT2D eigenvalue weighted by Gasteiger charge is -2.23. The fourth-order valence-corrected chi connectivity index (χ4v) is 3.78. The van der Waals surface area contributed by atoms with Gasteiger partial charge >= 0.3 is 0 Å². The van der Waals surface area contributed by atoms with Crippen molar-refractivity contribution in [3.63, 3.8) is 0 Å². The molecule has 3 aliphatic rings. The van der Waals surface area contributed by atoms with Gasteiger partial charge in [-0.25, -0.2) is 0 Å². The summed E-state index contributed by atoms with van der Waals surface area (Å²) in [5.74, 6) is 2.89. The average molecular weight is 222 g/mol. The predicted molar refractivity (Wildman–Crippen MR) is 62.9 cm³/mol. The van der Waals surface area contributed by atoms with E-state index in [1.54, 1.807) is 0 Å². The molecule has 1 N–H and O–H groups in total.